The zero-order valence-electron chi connectivity index (χ0n) is 18.2. The number of aromatic nitrogens is 5. The molecule has 0 atom stereocenters. The van der Waals surface area contributed by atoms with E-state index in [-0.39, 0.29) is 0 Å². The van der Waals surface area contributed by atoms with Crippen molar-refractivity contribution in [3.63, 3.8) is 0 Å². The molecule has 0 unspecified atom stereocenters. The number of rotatable bonds is 3. The molecule has 5 heteroatoms. The van der Waals surface area contributed by atoms with Crippen molar-refractivity contribution in [3.8, 4) is 22.8 Å². The van der Waals surface area contributed by atoms with Crippen molar-refractivity contribution in [2.45, 2.75) is 0 Å². The van der Waals surface area contributed by atoms with E-state index in [1.54, 1.807) is 12.4 Å². The lowest BCUT2D eigenvalue weighted by atomic mass is 10.1. The predicted octanol–water partition coefficient (Wildman–Crippen LogP) is 6.58. The summed E-state index contributed by atoms with van der Waals surface area (Å²) in [5, 5.41) is 3.62. The first-order valence-electron chi connectivity index (χ1n) is 11.2. The SMILES string of the molecule is c1ccc(-n2ccc3c2ccc2c4ccccc4n(-c4cnc(-c5ccncc5)nc4)c23)cc1. The minimum atomic E-state index is 0.687. The summed E-state index contributed by atoms with van der Waals surface area (Å²) in [5.74, 6) is 0.687. The molecule has 3 aromatic carbocycles. The molecule has 0 amide bonds. The van der Waals surface area contributed by atoms with Crippen molar-refractivity contribution in [1.82, 2.24) is 24.1 Å². The summed E-state index contributed by atoms with van der Waals surface area (Å²) in [6, 6.07) is 29.4. The summed E-state index contributed by atoms with van der Waals surface area (Å²) in [6.07, 6.45) is 9.47. The van der Waals surface area contributed by atoms with Gasteiger partial charge in [-0.3, -0.25) is 4.98 Å². The Morgan fingerprint density at radius 3 is 2.15 bits per heavy atom. The van der Waals surface area contributed by atoms with Gasteiger partial charge in [0.15, 0.2) is 5.82 Å². The van der Waals surface area contributed by atoms with Crippen LogP contribution in [0, 0.1) is 0 Å². The fraction of sp³-hybridized carbons (Fsp3) is 0. The lowest BCUT2D eigenvalue weighted by Gasteiger charge is -2.10. The maximum atomic E-state index is 4.69. The van der Waals surface area contributed by atoms with Gasteiger partial charge in [0.1, 0.15) is 0 Å². The highest BCUT2D eigenvalue weighted by molar-refractivity contribution is 6.18. The van der Waals surface area contributed by atoms with Gasteiger partial charge in [-0.15, -0.1) is 0 Å². The van der Waals surface area contributed by atoms with E-state index >= 15 is 0 Å². The maximum Gasteiger partial charge on any atom is 0.159 e. The molecule has 0 radical (unpaired) electrons. The molecule has 7 aromatic rings. The molecule has 0 saturated carbocycles. The molecule has 0 spiro atoms. The van der Waals surface area contributed by atoms with Crippen molar-refractivity contribution >= 4 is 32.7 Å². The van der Waals surface area contributed by atoms with E-state index in [1.165, 1.54) is 16.2 Å². The number of benzene rings is 3. The van der Waals surface area contributed by atoms with E-state index in [4.69, 9.17) is 0 Å². The Hall–Kier alpha value is -4.77. The van der Waals surface area contributed by atoms with Gasteiger partial charge < -0.3 is 9.13 Å². The second-order valence-electron chi connectivity index (χ2n) is 8.27. The van der Waals surface area contributed by atoms with E-state index in [0.29, 0.717) is 5.82 Å². The molecule has 4 heterocycles. The molecule has 34 heavy (non-hydrogen) atoms. The summed E-state index contributed by atoms with van der Waals surface area (Å²) in [6.45, 7) is 0. The molecule has 0 aliphatic rings. The van der Waals surface area contributed by atoms with Gasteiger partial charge in [-0.1, -0.05) is 42.5 Å². The summed E-state index contributed by atoms with van der Waals surface area (Å²) < 4.78 is 4.51. The average molecular weight is 438 g/mol. The lowest BCUT2D eigenvalue weighted by molar-refractivity contribution is 1.08. The van der Waals surface area contributed by atoms with Crippen LogP contribution in [0.1, 0.15) is 0 Å². The van der Waals surface area contributed by atoms with E-state index < -0.39 is 0 Å². The van der Waals surface area contributed by atoms with Gasteiger partial charge in [0.2, 0.25) is 0 Å². The number of hydrogen-bond donors (Lipinski definition) is 0. The lowest BCUT2D eigenvalue weighted by Crippen LogP contribution is -1.98. The first kappa shape index (κ1) is 18.8. The fourth-order valence-electron chi connectivity index (χ4n) is 4.84. The molecule has 0 N–H and O–H groups in total. The molecule has 0 aliphatic carbocycles. The molecular formula is C29H19N5. The summed E-state index contributed by atoms with van der Waals surface area (Å²) in [5.41, 5.74) is 6.49. The van der Waals surface area contributed by atoms with E-state index in [1.807, 2.05) is 30.6 Å². The van der Waals surface area contributed by atoms with Crippen LogP contribution in [-0.4, -0.2) is 24.1 Å². The second kappa shape index (κ2) is 7.39. The van der Waals surface area contributed by atoms with Gasteiger partial charge in [-0.2, -0.15) is 0 Å². The van der Waals surface area contributed by atoms with Crippen LogP contribution in [0.3, 0.4) is 0 Å². The summed E-state index contributed by atoms with van der Waals surface area (Å²) in [7, 11) is 0. The smallest absolute Gasteiger partial charge is 0.159 e. The van der Waals surface area contributed by atoms with Crippen LogP contribution in [0.2, 0.25) is 0 Å². The molecule has 0 aliphatic heterocycles. The topological polar surface area (TPSA) is 48.5 Å². The van der Waals surface area contributed by atoms with Crippen molar-refractivity contribution in [2.24, 2.45) is 0 Å². The summed E-state index contributed by atoms with van der Waals surface area (Å²) >= 11 is 0. The van der Waals surface area contributed by atoms with Gasteiger partial charge >= 0.3 is 0 Å². The zero-order chi connectivity index (χ0) is 22.5. The zero-order valence-corrected chi connectivity index (χ0v) is 18.2. The molecular weight excluding hydrogens is 418 g/mol. The predicted molar refractivity (Wildman–Crippen MR) is 136 cm³/mol. The van der Waals surface area contributed by atoms with Crippen LogP contribution >= 0.6 is 0 Å². The minimum absolute atomic E-state index is 0.687. The summed E-state index contributed by atoms with van der Waals surface area (Å²) in [4.78, 5) is 13.5. The maximum absolute atomic E-state index is 4.69. The van der Waals surface area contributed by atoms with Crippen LogP contribution in [0.4, 0.5) is 0 Å². The average Bonchev–Trinajstić information content (AvgIpc) is 3.49. The first-order valence-corrected chi connectivity index (χ1v) is 11.2. The van der Waals surface area contributed by atoms with Gasteiger partial charge in [-0.05, 0) is 42.5 Å². The number of fused-ring (bicyclic) bond motifs is 5. The fourth-order valence-corrected chi connectivity index (χ4v) is 4.84. The Kier molecular flexibility index (Phi) is 4.08. The number of hydrogen-bond acceptors (Lipinski definition) is 3. The van der Waals surface area contributed by atoms with Crippen LogP contribution < -0.4 is 0 Å². The third kappa shape index (κ3) is 2.77. The van der Waals surface area contributed by atoms with Gasteiger partial charge in [0, 0.05) is 46.0 Å². The van der Waals surface area contributed by atoms with Crippen molar-refractivity contribution in [3.05, 3.63) is 116 Å². The van der Waals surface area contributed by atoms with Crippen molar-refractivity contribution in [1.29, 1.82) is 0 Å². The third-order valence-corrected chi connectivity index (χ3v) is 6.37. The molecule has 5 nitrogen and oxygen atoms in total. The Bertz CT molecular complexity index is 1780. The van der Waals surface area contributed by atoms with Gasteiger partial charge in [-0.25, -0.2) is 9.97 Å². The molecule has 0 bridgehead atoms. The quantitative estimate of drug-likeness (QED) is 0.314. The van der Waals surface area contributed by atoms with Gasteiger partial charge in [0.05, 0.1) is 34.6 Å². The van der Waals surface area contributed by atoms with E-state index in [0.717, 1.165) is 33.5 Å². The highest BCUT2D eigenvalue weighted by Crippen LogP contribution is 2.37. The highest BCUT2D eigenvalue weighted by atomic mass is 15.0. The standard InChI is InChI=1S/C29H19N5/c1-2-6-21(7-3-1)33-17-14-25-26(33)11-10-24-23-8-4-5-9-27(23)34(28(24)25)22-18-31-29(32-19-22)20-12-15-30-16-13-20/h1-19H. The molecule has 160 valence electrons. The van der Waals surface area contributed by atoms with Crippen molar-refractivity contribution < 1.29 is 0 Å². The van der Waals surface area contributed by atoms with Crippen LogP contribution in [0.15, 0.2) is 116 Å². The third-order valence-electron chi connectivity index (χ3n) is 6.37. The van der Waals surface area contributed by atoms with E-state index in [2.05, 4.69) is 97.0 Å². The largest absolute Gasteiger partial charge is 0.316 e. The number of pyridine rings is 1. The molecule has 0 fully saturated rings. The first-order chi connectivity index (χ1) is 16.9. The second-order valence-corrected chi connectivity index (χ2v) is 8.27. The monoisotopic (exact) mass is 437 g/mol. The van der Waals surface area contributed by atoms with E-state index in [9.17, 15) is 0 Å². The number of nitrogens with zero attached hydrogens (tertiary/aromatic N) is 5. The Labute approximate surface area is 195 Å². The Morgan fingerprint density at radius 2 is 1.32 bits per heavy atom. The molecule has 4 aromatic heterocycles. The number of para-hydroxylation sites is 2. The normalized spacial score (nSPS) is 11.5. The Balaban J connectivity index is 1.51. The van der Waals surface area contributed by atoms with Gasteiger partial charge in [0.25, 0.3) is 0 Å². The Morgan fingerprint density at radius 1 is 0.559 bits per heavy atom. The molecule has 7 rings (SSSR count). The molecule has 0 saturated heterocycles. The highest BCUT2D eigenvalue weighted by Gasteiger charge is 2.17. The minimum Gasteiger partial charge on any atom is -0.316 e. The van der Waals surface area contributed by atoms with Crippen molar-refractivity contribution in [2.75, 3.05) is 0 Å². The van der Waals surface area contributed by atoms with Crippen LogP contribution in [0.25, 0.3) is 55.5 Å². The van der Waals surface area contributed by atoms with Crippen LogP contribution in [0.5, 0.6) is 0 Å². The van der Waals surface area contributed by atoms with Crippen LogP contribution in [-0.2, 0) is 0 Å².